The molecule has 1 rings (SSSR count). The van der Waals surface area contributed by atoms with Crippen molar-refractivity contribution in [2.24, 2.45) is 5.73 Å². The zero-order valence-electron chi connectivity index (χ0n) is 10.3. The number of carbonyl (C=O) groups is 1. The Bertz CT molecular complexity index is 760. The van der Waals surface area contributed by atoms with Gasteiger partial charge in [0.2, 0.25) is 5.91 Å². The summed E-state index contributed by atoms with van der Waals surface area (Å²) in [5.74, 6) is -0.823. The van der Waals surface area contributed by atoms with Gasteiger partial charge in [-0.15, -0.1) is 0 Å². The van der Waals surface area contributed by atoms with E-state index in [4.69, 9.17) is 21.5 Å². The second kappa shape index (κ2) is 6.32. The first-order valence-corrected chi connectivity index (χ1v) is 5.24. The fourth-order valence-corrected chi connectivity index (χ4v) is 1.37. The number of nitro benzene ring substituents is 1. The molecule has 0 saturated heterocycles. The highest BCUT2D eigenvalue weighted by Crippen LogP contribution is 2.27. The minimum Gasteiger partial charge on any atom is -0.366 e. The number of nitriles is 3. The van der Waals surface area contributed by atoms with E-state index in [0.717, 1.165) is 18.2 Å². The molecule has 0 unspecified atom stereocenters. The minimum absolute atomic E-state index is 0.0316. The number of nitro groups is 1. The number of primary amides is 1. The van der Waals surface area contributed by atoms with E-state index in [1.54, 1.807) is 6.07 Å². The molecule has 3 N–H and O–H groups in total. The molecule has 0 heterocycles. The fraction of sp³-hybridized carbons (Fsp3) is 0. The van der Waals surface area contributed by atoms with Crippen LogP contribution in [0.1, 0.15) is 10.4 Å². The van der Waals surface area contributed by atoms with Crippen LogP contribution in [-0.2, 0) is 0 Å². The van der Waals surface area contributed by atoms with Crippen LogP contribution in [-0.4, -0.2) is 10.8 Å². The second-order valence-electron chi connectivity index (χ2n) is 3.56. The molecule has 0 spiro atoms. The van der Waals surface area contributed by atoms with Crippen LogP contribution in [0.25, 0.3) is 0 Å². The maximum absolute atomic E-state index is 11.1. The third-order valence-corrected chi connectivity index (χ3v) is 2.32. The van der Waals surface area contributed by atoms with Crippen LogP contribution in [0, 0.1) is 44.1 Å². The van der Waals surface area contributed by atoms with Crippen molar-refractivity contribution in [1.29, 1.82) is 15.8 Å². The van der Waals surface area contributed by atoms with Gasteiger partial charge in [-0.1, -0.05) is 0 Å². The lowest BCUT2D eigenvalue weighted by Gasteiger charge is -2.06. The Morgan fingerprint density at radius 2 is 1.86 bits per heavy atom. The lowest BCUT2D eigenvalue weighted by molar-refractivity contribution is -0.383. The molecule has 0 aliphatic carbocycles. The van der Waals surface area contributed by atoms with Crippen LogP contribution in [0.3, 0.4) is 0 Å². The number of nitrogens with zero attached hydrogens (tertiary/aromatic N) is 4. The quantitative estimate of drug-likeness (QED) is 0.469. The Hall–Kier alpha value is -3.90. The Morgan fingerprint density at radius 3 is 2.29 bits per heavy atom. The molecule has 102 valence electrons. The summed E-state index contributed by atoms with van der Waals surface area (Å²) in [6, 6.07) is 7.75. The van der Waals surface area contributed by atoms with Crippen molar-refractivity contribution in [2.45, 2.75) is 0 Å². The van der Waals surface area contributed by atoms with Crippen LogP contribution in [0.15, 0.2) is 29.5 Å². The number of rotatable bonds is 4. The largest absolute Gasteiger partial charge is 0.366 e. The predicted molar refractivity (Wildman–Crippen MR) is 69.1 cm³/mol. The van der Waals surface area contributed by atoms with Gasteiger partial charge in [0.25, 0.3) is 5.69 Å². The molecule has 1 amide bonds. The number of allylic oxidation sites excluding steroid dienone is 2. The number of carbonyl (C=O) groups excluding carboxylic acids is 1. The molecule has 9 heteroatoms. The molecule has 1 aromatic rings. The van der Waals surface area contributed by atoms with Crippen LogP contribution in [0.4, 0.5) is 11.4 Å². The average molecular weight is 282 g/mol. The van der Waals surface area contributed by atoms with Crippen molar-refractivity contribution in [2.75, 3.05) is 5.32 Å². The van der Waals surface area contributed by atoms with Crippen molar-refractivity contribution in [3.8, 4) is 18.2 Å². The van der Waals surface area contributed by atoms with Crippen LogP contribution >= 0.6 is 0 Å². The summed E-state index contributed by atoms with van der Waals surface area (Å²) in [6.07, 6.45) is 0. The van der Waals surface area contributed by atoms with Gasteiger partial charge in [0.15, 0.2) is 5.57 Å². The van der Waals surface area contributed by atoms with Gasteiger partial charge in [0, 0.05) is 11.6 Å². The first-order valence-electron chi connectivity index (χ1n) is 5.24. The zero-order valence-corrected chi connectivity index (χ0v) is 10.3. The summed E-state index contributed by atoms with van der Waals surface area (Å²) in [4.78, 5) is 21.2. The molecule has 0 atom stereocenters. The number of anilines is 1. The number of hydrogen-bond donors (Lipinski definition) is 2. The van der Waals surface area contributed by atoms with Gasteiger partial charge in [-0.05, 0) is 12.1 Å². The Balaban J connectivity index is 3.46. The normalized spacial score (nSPS) is 8.62. The summed E-state index contributed by atoms with van der Waals surface area (Å²) >= 11 is 0. The third-order valence-electron chi connectivity index (χ3n) is 2.32. The van der Waals surface area contributed by atoms with Gasteiger partial charge >= 0.3 is 0 Å². The Kier molecular flexibility index (Phi) is 4.56. The number of nitrogens with two attached hydrogens (primary N) is 1. The standard InChI is InChI=1S/C12H6N6O3/c13-4-8(5-14)10(6-15)17-9-3-7(12(16)19)1-2-11(9)18(20)21/h1-3,17H,(H2,16,19). The molecule has 0 aliphatic rings. The molecular formula is C12H6N6O3. The first-order chi connectivity index (χ1) is 9.94. The topological polar surface area (TPSA) is 170 Å². The molecular weight excluding hydrogens is 276 g/mol. The van der Waals surface area contributed by atoms with Gasteiger partial charge in [0.05, 0.1) is 4.92 Å². The first kappa shape index (κ1) is 15.2. The number of hydrogen-bond acceptors (Lipinski definition) is 7. The SMILES string of the molecule is N#CC(C#N)=C(C#N)Nc1cc(C(N)=O)ccc1[N+](=O)[O-]. The summed E-state index contributed by atoms with van der Waals surface area (Å²) in [7, 11) is 0. The van der Waals surface area contributed by atoms with Gasteiger partial charge in [-0.2, -0.15) is 15.8 Å². The van der Waals surface area contributed by atoms with Crippen molar-refractivity contribution >= 4 is 17.3 Å². The van der Waals surface area contributed by atoms with Crippen LogP contribution in [0.2, 0.25) is 0 Å². The van der Waals surface area contributed by atoms with E-state index in [9.17, 15) is 14.9 Å². The van der Waals surface area contributed by atoms with E-state index < -0.39 is 27.8 Å². The van der Waals surface area contributed by atoms with Crippen molar-refractivity contribution in [3.05, 3.63) is 45.1 Å². The van der Waals surface area contributed by atoms with E-state index >= 15 is 0 Å². The molecule has 0 saturated carbocycles. The van der Waals surface area contributed by atoms with E-state index in [0.29, 0.717) is 0 Å². The van der Waals surface area contributed by atoms with Crippen molar-refractivity contribution < 1.29 is 9.72 Å². The highest BCUT2D eigenvalue weighted by atomic mass is 16.6. The lowest BCUT2D eigenvalue weighted by Crippen LogP contribution is -2.12. The molecule has 0 radical (unpaired) electrons. The smallest absolute Gasteiger partial charge is 0.292 e. The van der Waals surface area contributed by atoms with Crippen molar-refractivity contribution in [1.82, 2.24) is 0 Å². The average Bonchev–Trinajstić information content (AvgIpc) is 2.46. The van der Waals surface area contributed by atoms with Gasteiger partial charge in [-0.25, -0.2) is 0 Å². The predicted octanol–water partition coefficient (Wildman–Crippen LogP) is 0.930. The second-order valence-corrected chi connectivity index (χ2v) is 3.56. The highest BCUT2D eigenvalue weighted by Gasteiger charge is 2.18. The van der Waals surface area contributed by atoms with Crippen LogP contribution in [0.5, 0.6) is 0 Å². The van der Waals surface area contributed by atoms with Crippen molar-refractivity contribution in [3.63, 3.8) is 0 Å². The Labute approximate surface area is 118 Å². The molecule has 0 aliphatic heterocycles. The molecule has 0 aromatic heterocycles. The molecule has 21 heavy (non-hydrogen) atoms. The molecule has 9 nitrogen and oxygen atoms in total. The van der Waals surface area contributed by atoms with E-state index in [-0.39, 0.29) is 11.3 Å². The summed E-state index contributed by atoms with van der Waals surface area (Å²) in [5.41, 5.74) is 3.35. The minimum atomic E-state index is -0.823. The molecule has 0 fully saturated rings. The molecule has 1 aromatic carbocycles. The van der Waals surface area contributed by atoms with Crippen LogP contribution < -0.4 is 11.1 Å². The van der Waals surface area contributed by atoms with E-state index in [2.05, 4.69) is 5.32 Å². The van der Waals surface area contributed by atoms with E-state index in [1.807, 2.05) is 0 Å². The number of amides is 1. The van der Waals surface area contributed by atoms with E-state index in [1.165, 1.54) is 12.1 Å². The van der Waals surface area contributed by atoms with Gasteiger partial charge < -0.3 is 11.1 Å². The number of nitrogens with one attached hydrogen (secondary N) is 1. The third kappa shape index (κ3) is 3.31. The highest BCUT2D eigenvalue weighted by molar-refractivity contribution is 5.94. The Morgan fingerprint density at radius 1 is 1.24 bits per heavy atom. The summed E-state index contributed by atoms with van der Waals surface area (Å²) < 4.78 is 0. The van der Waals surface area contributed by atoms with Gasteiger partial charge in [-0.3, -0.25) is 14.9 Å². The fourth-order valence-electron chi connectivity index (χ4n) is 1.37. The number of benzene rings is 1. The summed E-state index contributed by atoms with van der Waals surface area (Å²) in [5, 5.41) is 39.5. The maximum Gasteiger partial charge on any atom is 0.292 e. The zero-order chi connectivity index (χ0) is 16.0. The summed E-state index contributed by atoms with van der Waals surface area (Å²) in [6.45, 7) is 0. The molecule has 0 bridgehead atoms. The van der Waals surface area contributed by atoms with Gasteiger partial charge in [0.1, 0.15) is 29.6 Å². The maximum atomic E-state index is 11.1. The lowest BCUT2D eigenvalue weighted by atomic mass is 10.1. The monoisotopic (exact) mass is 282 g/mol.